The van der Waals surface area contributed by atoms with E-state index in [0.29, 0.717) is 6.04 Å². The number of likely N-dealkylation sites (tertiary alicyclic amines) is 2. The van der Waals surface area contributed by atoms with E-state index in [1.165, 1.54) is 38.4 Å². The highest BCUT2D eigenvalue weighted by atomic mass is 16.6. The fourth-order valence-electron chi connectivity index (χ4n) is 3.37. The Morgan fingerprint density at radius 3 is 2.30 bits per heavy atom. The van der Waals surface area contributed by atoms with E-state index in [0.717, 1.165) is 31.6 Å². The Labute approximate surface area is 121 Å². The van der Waals surface area contributed by atoms with Crippen molar-refractivity contribution in [1.82, 2.24) is 9.80 Å². The van der Waals surface area contributed by atoms with Crippen LogP contribution in [-0.4, -0.2) is 46.9 Å². The van der Waals surface area contributed by atoms with Crippen LogP contribution < -0.4 is 0 Å². The minimum Gasteiger partial charge on any atom is -0.369 e. The normalized spacial score (nSPS) is 23.4. The van der Waals surface area contributed by atoms with Crippen molar-refractivity contribution in [3.05, 3.63) is 34.2 Å². The maximum absolute atomic E-state index is 11.0. The van der Waals surface area contributed by atoms with Crippen molar-refractivity contribution < 1.29 is 4.92 Å². The molecule has 2 rings (SSSR count). The number of piperidine rings is 2. The first-order valence-electron chi connectivity index (χ1n) is 7.60. The lowest BCUT2D eigenvalue weighted by atomic mass is 9.99. The maximum Gasteiger partial charge on any atom is 0.287 e. The molecule has 2 aliphatic heterocycles. The van der Waals surface area contributed by atoms with Crippen LogP contribution in [0.2, 0.25) is 0 Å². The third-order valence-electron chi connectivity index (χ3n) is 4.61. The van der Waals surface area contributed by atoms with E-state index in [-0.39, 0.29) is 10.6 Å². The van der Waals surface area contributed by atoms with Gasteiger partial charge in [-0.15, -0.1) is 0 Å². The molecule has 20 heavy (non-hydrogen) atoms. The van der Waals surface area contributed by atoms with E-state index in [1.54, 1.807) is 0 Å². The quantitative estimate of drug-likeness (QED) is 0.451. The van der Waals surface area contributed by atoms with Gasteiger partial charge in [-0.1, -0.05) is 13.0 Å². The van der Waals surface area contributed by atoms with E-state index < -0.39 is 0 Å². The van der Waals surface area contributed by atoms with Crippen LogP contribution in [0.15, 0.2) is 24.0 Å². The molecule has 0 aromatic heterocycles. The predicted octanol–water partition coefficient (Wildman–Crippen LogP) is 2.63. The van der Waals surface area contributed by atoms with E-state index in [9.17, 15) is 10.1 Å². The molecular weight excluding hydrogens is 254 g/mol. The highest BCUT2D eigenvalue weighted by Gasteiger charge is 2.27. The van der Waals surface area contributed by atoms with E-state index in [1.807, 2.05) is 6.92 Å². The number of nitro groups is 1. The fraction of sp³-hybridized carbons (Fsp3) is 0.733. The predicted molar refractivity (Wildman–Crippen MR) is 79.9 cm³/mol. The lowest BCUT2D eigenvalue weighted by molar-refractivity contribution is -0.421. The molecule has 0 amide bonds. The molecule has 112 valence electrons. The largest absolute Gasteiger partial charge is 0.369 e. The zero-order valence-electron chi connectivity index (χ0n) is 12.4. The zero-order valence-corrected chi connectivity index (χ0v) is 12.4. The number of rotatable bonds is 4. The number of hydrogen-bond donors (Lipinski definition) is 0. The second-order valence-electron chi connectivity index (χ2n) is 5.75. The first-order chi connectivity index (χ1) is 9.63. The van der Waals surface area contributed by atoms with Crippen LogP contribution >= 0.6 is 0 Å². The molecule has 2 heterocycles. The first-order valence-corrected chi connectivity index (χ1v) is 7.60. The van der Waals surface area contributed by atoms with Gasteiger partial charge in [-0.05, 0) is 45.7 Å². The summed E-state index contributed by atoms with van der Waals surface area (Å²) in [5.74, 6) is 0. The monoisotopic (exact) mass is 279 g/mol. The number of nitrogens with zero attached hydrogens (tertiary/aromatic N) is 3. The standard InChI is InChI=1S/C15H25N3O2/c1-3-15(18(19)20)13(2)16-11-7-14(8-12-16)17-9-5-4-6-10-17/h3,14H,1,4-12H2,2H3/b15-13-. The molecule has 0 bridgehead atoms. The van der Waals surface area contributed by atoms with Gasteiger partial charge in [-0.3, -0.25) is 10.1 Å². The molecular formula is C15H25N3O2. The maximum atomic E-state index is 11.0. The topological polar surface area (TPSA) is 49.6 Å². The first kappa shape index (κ1) is 15.0. The molecule has 0 atom stereocenters. The molecule has 0 aliphatic carbocycles. The van der Waals surface area contributed by atoms with Gasteiger partial charge < -0.3 is 9.80 Å². The third kappa shape index (κ3) is 3.39. The van der Waals surface area contributed by atoms with Crippen LogP contribution in [0.4, 0.5) is 0 Å². The minimum absolute atomic E-state index is 0.140. The van der Waals surface area contributed by atoms with Crippen molar-refractivity contribution >= 4 is 0 Å². The number of allylic oxidation sites excluding steroid dienone is 2. The minimum atomic E-state index is -0.334. The van der Waals surface area contributed by atoms with E-state index in [2.05, 4.69) is 16.4 Å². The molecule has 0 unspecified atom stereocenters. The summed E-state index contributed by atoms with van der Waals surface area (Å²) in [6.45, 7) is 9.67. The van der Waals surface area contributed by atoms with Gasteiger partial charge in [-0.25, -0.2) is 0 Å². The molecule has 0 radical (unpaired) electrons. The molecule has 2 saturated heterocycles. The van der Waals surface area contributed by atoms with Crippen LogP contribution in [0.25, 0.3) is 0 Å². The number of hydrogen-bond acceptors (Lipinski definition) is 4. The Kier molecular flexibility index (Phi) is 5.17. The molecule has 5 nitrogen and oxygen atoms in total. The Bertz CT molecular complexity index is 392. The van der Waals surface area contributed by atoms with Gasteiger partial charge in [0.2, 0.25) is 0 Å². The van der Waals surface area contributed by atoms with Crippen LogP contribution in [0.3, 0.4) is 0 Å². The van der Waals surface area contributed by atoms with Crippen molar-refractivity contribution in [3.8, 4) is 0 Å². The average Bonchev–Trinajstić information content (AvgIpc) is 2.48. The summed E-state index contributed by atoms with van der Waals surface area (Å²) in [4.78, 5) is 15.4. The highest BCUT2D eigenvalue weighted by molar-refractivity contribution is 5.15. The van der Waals surface area contributed by atoms with E-state index in [4.69, 9.17) is 0 Å². The molecule has 0 aromatic rings. The molecule has 0 spiro atoms. The van der Waals surface area contributed by atoms with Crippen molar-refractivity contribution in [1.29, 1.82) is 0 Å². The molecule has 2 fully saturated rings. The van der Waals surface area contributed by atoms with Crippen LogP contribution in [0, 0.1) is 10.1 Å². The van der Waals surface area contributed by atoms with Gasteiger partial charge in [0.15, 0.2) is 0 Å². The zero-order chi connectivity index (χ0) is 14.5. The van der Waals surface area contributed by atoms with Gasteiger partial charge in [0.1, 0.15) is 0 Å². The summed E-state index contributed by atoms with van der Waals surface area (Å²) in [6, 6.07) is 0.669. The Balaban J connectivity index is 1.93. The molecule has 0 N–H and O–H groups in total. The summed E-state index contributed by atoms with van der Waals surface area (Å²) in [5, 5.41) is 11.0. The third-order valence-corrected chi connectivity index (χ3v) is 4.61. The smallest absolute Gasteiger partial charge is 0.287 e. The molecule has 0 aromatic carbocycles. The summed E-state index contributed by atoms with van der Waals surface area (Å²) < 4.78 is 0. The second kappa shape index (κ2) is 6.88. The van der Waals surface area contributed by atoms with Gasteiger partial charge >= 0.3 is 0 Å². The molecule has 5 heteroatoms. The fourth-order valence-corrected chi connectivity index (χ4v) is 3.37. The lowest BCUT2D eigenvalue weighted by Crippen LogP contribution is -2.46. The lowest BCUT2D eigenvalue weighted by Gasteiger charge is -2.41. The van der Waals surface area contributed by atoms with Crippen molar-refractivity contribution in [2.24, 2.45) is 0 Å². The highest BCUT2D eigenvalue weighted by Crippen LogP contribution is 2.24. The van der Waals surface area contributed by atoms with Crippen LogP contribution in [0.1, 0.15) is 39.0 Å². The molecule has 0 saturated carbocycles. The Morgan fingerprint density at radius 2 is 1.80 bits per heavy atom. The Hall–Kier alpha value is -1.36. The SMILES string of the molecule is C=C/C(=C(\C)N1CCC(N2CCCCC2)CC1)[N+](=O)[O-]. The summed E-state index contributed by atoms with van der Waals surface area (Å²) in [5.41, 5.74) is 0.892. The summed E-state index contributed by atoms with van der Waals surface area (Å²) >= 11 is 0. The summed E-state index contributed by atoms with van der Waals surface area (Å²) in [7, 11) is 0. The van der Waals surface area contributed by atoms with Crippen molar-refractivity contribution in [2.75, 3.05) is 26.2 Å². The van der Waals surface area contributed by atoms with Crippen LogP contribution in [0.5, 0.6) is 0 Å². The molecule has 2 aliphatic rings. The average molecular weight is 279 g/mol. The van der Waals surface area contributed by atoms with Gasteiger partial charge in [0.25, 0.3) is 5.70 Å². The van der Waals surface area contributed by atoms with Crippen LogP contribution in [-0.2, 0) is 0 Å². The van der Waals surface area contributed by atoms with E-state index >= 15 is 0 Å². The Morgan fingerprint density at radius 1 is 1.20 bits per heavy atom. The van der Waals surface area contributed by atoms with Crippen molar-refractivity contribution in [2.45, 2.75) is 45.1 Å². The van der Waals surface area contributed by atoms with Gasteiger partial charge in [0.05, 0.1) is 10.6 Å². The van der Waals surface area contributed by atoms with Gasteiger partial charge in [0, 0.05) is 25.2 Å². The van der Waals surface area contributed by atoms with Gasteiger partial charge in [-0.2, -0.15) is 0 Å². The van der Waals surface area contributed by atoms with Crippen molar-refractivity contribution in [3.63, 3.8) is 0 Å². The second-order valence-corrected chi connectivity index (χ2v) is 5.75. The summed E-state index contributed by atoms with van der Waals surface area (Å²) in [6.07, 6.45) is 7.58.